The summed E-state index contributed by atoms with van der Waals surface area (Å²) in [7, 11) is -3.88. The molecule has 0 radical (unpaired) electrons. The number of hydrogen-bond acceptors (Lipinski definition) is 4. The molecule has 0 unspecified atom stereocenters. The molecule has 0 saturated heterocycles. The Balaban J connectivity index is 4.15. The van der Waals surface area contributed by atoms with Crippen LogP contribution in [0.15, 0.2) is 0 Å². The Bertz CT molecular complexity index is 285. The van der Waals surface area contributed by atoms with Gasteiger partial charge in [-0.05, 0) is 19.8 Å². The molecule has 6 nitrogen and oxygen atoms in total. The highest BCUT2D eigenvalue weighted by Crippen LogP contribution is 2.09. The molecule has 0 aliphatic rings. The number of nitrogens with zero attached hydrogens (tertiary/aromatic N) is 1. The molecule has 0 atom stereocenters. The Morgan fingerprint density at radius 1 is 1.00 bits per heavy atom. The summed E-state index contributed by atoms with van der Waals surface area (Å²) < 4.78 is 30.3. The topological polar surface area (TPSA) is 94.8 Å². The van der Waals surface area contributed by atoms with Crippen molar-refractivity contribution in [1.82, 2.24) is 0 Å². The standard InChI is InChI=1S/C10H23NO5S/c1-2-11(6-8-12,7-9-13)5-3-4-10-17(14,15)16/h12-13H,2-10H2,1H3/p+1. The molecule has 0 aromatic heterocycles. The molecule has 0 rings (SSSR count). The lowest BCUT2D eigenvalue weighted by atomic mass is 10.2. The van der Waals surface area contributed by atoms with E-state index in [4.69, 9.17) is 14.8 Å². The quantitative estimate of drug-likeness (QED) is 0.282. The van der Waals surface area contributed by atoms with E-state index < -0.39 is 10.1 Å². The smallest absolute Gasteiger partial charge is 0.264 e. The van der Waals surface area contributed by atoms with E-state index in [1.807, 2.05) is 6.92 Å². The van der Waals surface area contributed by atoms with Crippen LogP contribution in [-0.2, 0) is 10.1 Å². The largest absolute Gasteiger partial charge is 0.391 e. The van der Waals surface area contributed by atoms with Crippen LogP contribution in [0.25, 0.3) is 0 Å². The molecular weight excluding hydrogens is 246 g/mol. The highest BCUT2D eigenvalue weighted by atomic mass is 32.2. The van der Waals surface area contributed by atoms with Crippen LogP contribution in [0.4, 0.5) is 0 Å². The van der Waals surface area contributed by atoms with Crippen molar-refractivity contribution in [3.05, 3.63) is 0 Å². The van der Waals surface area contributed by atoms with Gasteiger partial charge < -0.3 is 14.7 Å². The zero-order chi connectivity index (χ0) is 13.4. The van der Waals surface area contributed by atoms with Gasteiger partial charge in [-0.15, -0.1) is 0 Å². The van der Waals surface area contributed by atoms with Gasteiger partial charge in [0.05, 0.1) is 32.1 Å². The summed E-state index contributed by atoms with van der Waals surface area (Å²) in [6, 6.07) is 0. The highest BCUT2D eigenvalue weighted by Gasteiger charge is 2.23. The van der Waals surface area contributed by atoms with Crippen molar-refractivity contribution in [1.29, 1.82) is 0 Å². The van der Waals surface area contributed by atoms with Gasteiger partial charge in [-0.3, -0.25) is 4.55 Å². The molecule has 17 heavy (non-hydrogen) atoms. The number of quaternary nitrogens is 1. The third kappa shape index (κ3) is 7.67. The van der Waals surface area contributed by atoms with Crippen molar-refractivity contribution in [3.8, 4) is 0 Å². The average molecular weight is 270 g/mol. The maximum absolute atomic E-state index is 10.5. The van der Waals surface area contributed by atoms with Gasteiger partial charge in [-0.2, -0.15) is 8.42 Å². The number of hydrogen-bond donors (Lipinski definition) is 3. The van der Waals surface area contributed by atoms with Crippen LogP contribution in [0.3, 0.4) is 0 Å². The maximum atomic E-state index is 10.5. The summed E-state index contributed by atoms with van der Waals surface area (Å²) in [5.74, 6) is -0.227. The molecule has 0 aliphatic heterocycles. The van der Waals surface area contributed by atoms with E-state index in [1.165, 1.54) is 0 Å². The van der Waals surface area contributed by atoms with Gasteiger partial charge in [0.1, 0.15) is 13.1 Å². The fourth-order valence-corrected chi connectivity index (χ4v) is 2.53. The van der Waals surface area contributed by atoms with Crippen LogP contribution >= 0.6 is 0 Å². The third-order valence-corrected chi connectivity index (χ3v) is 3.91. The molecular formula is C10H24NO5S+. The summed E-state index contributed by atoms with van der Waals surface area (Å²) >= 11 is 0. The number of unbranched alkanes of at least 4 members (excludes halogenated alkanes) is 1. The summed E-state index contributed by atoms with van der Waals surface area (Å²) in [4.78, 5) is 0. The molecule has 104 valence electrons. The molecule has 0 fully saturated rings. The van der Waals surface area contributed by atoms with E-state index in [0.29, 0.717) is 37.0 Å². The zero-order valence-corrected chi connectivity index (χ0v) is 11.2. The van der Waals surface area contributed by atoms with Gasteiger partial charge in [0.15, 0.2) is 0 Å². The summed E-state index contributed by atoms with van der Waals surface area (Å²) in [5.41, 5.74) is 0. The van der Waals surface area contributed by atoms with Crippen LogP contribution in [0.2, 0.25) is 0 Å². The molecule has 0 bridgehead atoms. The second-order valence-corrected chi connectivity index (χ2v) is 5.84. The van der Waals surface area contributed by atoms with Crippen LogP contribution in [-0.4, -0.2) is 72.8 Å². The van der Waals surface area contributed by atoms with E-state index in [2.05, 4.69) is 0 Å². The van der Waals surface area contributed by atoms with Gasteiger partial charge in [-0.25, -0.2) is 0 Å². The van der Waals surface area contributed by atoms with E-state index in [0.717, 1.165) is 6.54 Å². The van der Waals surface area contributed by atoms with Crippen LogP contribution in [0.1, 0.15) is 19.8 Å². The summed E-state index contributed by atoms with van der Waals surface area (Å²) in [5, 5.41) is 18.0. The minimum atomic E-state index is -3.88. The third-order valence-electron chi connectivity index (χ3n) is 3.10. The van der Waals surface area contributed by atoms with E-state index in [1.54, 1.807) is 0 Å². The van der Waals surface area contributed by atoms with Gasteiger partial charge in [0.25, 0.3) is 10.1 Å². The van der Waals surface area contributed by atoms with Gasteiger partial charge >= 0.3 is 0 Å². The second-order valence-electron chi connectivity index (χ2n) is 4.27. The van der Waals surface area contributed by atoms with Crippen LogP contribution in [0.5, 0.6) is 0 Å². The highest BCUT2D eigenvalue weighted by molar-refractivity contribution is 7.85. The normalized spacial score (nSPS) is 12.9. The molecule has 0 spiro atoms. The zero-order valence-electron chi connectivity index (χ0n) is 10.4. The molecule has 0 heterocycles. The average Bonchev–Trinajstić information content (AvgIpc) is 2.23. The van der Waals surface area contributed by atoms with Crippen molar-refractivity contribution < 1.29 is 27.7 Å². The first-order valence-electron chi connectivity index (χ1n) is 5.91. The summed E-state index contributed by atoms with van der Waals surface area (Å²) in [6.45, 7) is 4.68. The monoisotopic (exact) mass is 270 g/mol. The van der Waals surface area contributed by atoms with E-state index in [-0.39, 0.29) is 19.0 Å². The Morgan fingerprint density at radius 2 is 1.53 bits per heavy atom. The van der Waals surface area contributed by atoms with Crippen molar-refractivity contribution in [2.24, 2.45) is 0 Å². The molecule has 0 aromatic carbocycles. The predicted octanol–water partition coefficient (Wildman–Crippen LogP) is -0.524. The van der Waals surface area contributed by atoms with Crippen molar-refractivity contribution in [2.45, 2.75) is 19.8 Å². The lowest BCUT2D eigenvalue weighted by Crippen LogP contribution is -2.52. The Morgan fingerprint density at radius 3 is 1.88 bits per heavy atom. The lowest BCUT2D eigenvalue weighted by Gasteiger charge is -2.37. The maximum Gasteiger partial charge on any atom is 0.264 e. The molecule has 0 aromatic rings. The summed E-state index contributed by atoms with van der Waals surface area (Å²) in [6.07, 6.45) is 1.04. The fourth-order valence-electron chi connectivity index (χ4n) is 1.97. The van der Waals surface area contributed by atoms with E-state index in [9.17, 15) is 8.42 Å². The van der Waals surface area contributed by atoms with Gasteiger partial charge in [0, 0.05) is 0 Å². The molecule has 0 aliphatic carbocycles. The molecule has 0 saturated carbocycles. The molecule has 3 N–H and O–H groups in total. The fraction of sp³-hybridized carbons (Fsp3) is 1.00. The number of aliphatic hydroxyl groups is 2. The van der Waals surface area contributed by atoms with Crippen molar-refractivity contribution in [2.75, 3.05) is 45.1 Å². The van der Waals surface area contributed by atoms with Crippen molar-refractivity contribution >= 4 is 10.1 Å². The molecule has 7 heteroatoms. The Labute approximate surface area is 103 Å². The van der Waals surface area contributed by atoms with Crippen LogP contribution < -0.4 is 0 Å². The van der Waals surface area contributed by atoms with Gasteiger partial charge in [0.2, 0.25) is 0 Å². The minimum Gasteiger partial charge on any atom is -0.391 e. The Kier molecular flexibility index (Phi) is 7.89. The van der Waals surface area contributed by atoms with Crippen molar-refractivity contribution in [3.63, 3.8) is 0 Å². The number of likely N-dealkylation sites (N-methyl/N-ethyl adjacent to an activating group) is 1. The predicted molar refractivity (Wildman–Crippen MR) is 65.2 cm³/mol. The second kappa shape index (κ2) is 7.99. The molecule has 0 amide bonds. The Hall–Kier alpha value is -0.210. The first-order valence-corrected chi connectivity index (χ1v) is 7.52. The first kappa shape index (κ1) is 16.8. The first-order chi connectivity index (χ1) is 7.89. The number of rotatable bonds is 10. The minimum absolute atomic E-state index is 0.0478. The van der Waals surface area contributed by atoms with E-state index >= 15 is 0 Å². The lowest BCUT2D eigenvalue weighted by molar-refractivity contribution is -0.927. The SMILES string of the molecule is CC[N+](CCO)(CCO)CCCCS(=O)(=O)O. The van der Waals surface area contributed by atoms with Gasteiger partial charge in [-0.1, -0.05) is 0 Å². The number of aliphatic hydroxyl groups excluding tert-OH is 2. The van der Waals surface area contributed by atoms with Crippen LogP contribution in [0, 0.1) is 0 Å².